The largest absolute Gasteiger partial charge is 0.478 e. The Morgan fingerprint density at radius 2 is 1.88 bits per heavy atom. The molecule has 1 N–H and O–H groups in total. The highest BCUT2D eigenvalue weighted by Crippen LogP contribution is 2.29. The minimum absolute atomic E-state index is 0.131. The summed E-state index contributed by atoms with van der Waals surface area (Å²) in [5, 5.41) is 11.8. The number of benzene rings is 2. The summed E-state index contributed by atoms with van der Waals surface area (Å²) in [7, 11) is 0. The Bertz CT molecular complexity index is 1230. The highest BCUT2D eigenvalue weighted by molar-refractivity contribution is 7.99. The van der Waals surface area contributed by atoms with Crippen molar-refractivity contribution in [1.82, 2.24) is 25.1 Å². The lowest BCUT2D eigenvalue weighted by atomic mass is 10.2. The first-order valence-corrected chi connectivity index (χ1v) is 11.4. The third kappa shape index (κ3) is 5.56. The SMILES string of the molecule is CCOc1cc(CNC(=O)CSc2nnc(-c3ccccc3F)n2-c2ccccc2)ccn1. The average Bonchev–Trinajstić information content (AvgIpc) is 3.26. The van der Waals surface area contributed by atoms with Gasteiger partial charge < -0.3 is 10.1 Å². The van der Waals surface area contributed by atoms with Gasteiger partial charge in [-0.2, -0.15) is 0 Å². The number of carbonyl (C=O) groups is 1. The quantitative estimate of drug-likeness (QED) is 0.373. The molecular weight excluding hydrogens is 441 g/mol. The fourth-order valence-electron chi connectivity index (χ4n) is 3.16. The topological polar surface area (TPSA) is 81.9 Å². The molecule has 4 rings (SSSR count). The zero-order chi connectivity index (χ0) is 23.0. The minimum Gasteiger partial charge on any atom is -0.478 e. The Labute approximate surface area is 195 Å². The number of hydrogen-bond donors (Lipinski definition) is 1. The molecule has 7 nitrogen and oxygen atoms in total. The van der Waals surface area contributed by atoms with Crippen LogP contribution in [0.25, 0.3) is 17.1 Å². The number of nitrogens with zero attached hydrogens (tertiary/aromatic N) is 4. The number of amides is 1. The molecule has 0 radical (unpaired) electrons. The molecule has 0 aliphatic carbocycles. The highest BCUT2D eigenvalue weighted by atomic mass is 32.2. The molecule has 0 spiro atoms. The first kappa shape index (κ1) is 22.5. The lowest BCUT2D eigenvalue weighted by Crippen LogP contribution is -2.24. The smallest absolute Gasteiger partial charge is 0.230 e. The Balaban J connectivity index is 1.49. The van der Waals surface area contributed by atoms with E-state index in [0.29, 0.717) is 35.6 Å². The van der Waals surface area contributed by atoms with Crippen LogP contribution in [0.3, 0.4) is 0 Å². The Morgan fingerprint density at radius 1 is 1.09 bits per heavy atom. The first-order chi connectivity index (χ1) is 16.2. The van der Waals surface area contributed by atoms with Gasteiger partial charge in [-0.3, -0.25) is 9.36 Å². The number of thioether (sulfide) groups is 1. The van der Waals surface area contributed by atoms with Crippen molar-refractivity contribution in [2.24, 2.45) is 0 Å². The van der Waals surface area contributed by atoms with E-state index in [0.717, 1.165) is 11.3 Å². The summed E-state index contributed by atoms with van der Waals surface area (Å²) in [4.78, 5) is 16.6. The normalized spacial score (nSPS) is 10.7. The summed E-state index contributed by atoms with van der Waals surface area (Å²) in [6, 6.07) is 19.5. The predicted octanol–water partition coefficient (Wildman–Crippen LogP) is 4.28. The molecule has 1 amide bonds. The van der Waals surface area contributed by atoms with E-state index in [-0.39, 0.29) is 17.5 Å². The number of halogens is 1. The van der Waals surface area contributed by atoms with Gasteiger partial charge in [0, 0.05) is 24.5 Å². The van der Waals surface area contributed by atoms with Gasteiger partial charge in [-0.05, 0) is 42.8 Å². The van der Waals surface area contributed by atoms with Crippen molar-refractivity contribution in [2.75, 3.05) is 12.4 Å². The van der Waals surface area contributed by atoms with Gasteiger partial charge in [-0.15, -0.1) is 10.2 Å². The first-order valence-electron chi connectivity index (χ1n) is 10.4. The maximum atomic E-state index is 14.5. The molecule has 2 aromatic heterocycles. The maximum Gasteiger partial charge on any atom is 0.230 e. The van der Waals surface area contributed by atoms with Crippen LogP contribution in [0.5, 0.6) is 5.88 Å². The molecule has 33 heavy (non-hydrogen) atoms. The summed E-state index contributed by atoms with van der Waals surface area (Å²) in [6.07, 6.45) is 1.65. The van der Waals surface area contributed by atoms with Gasteiger partial charge in [-0.25, -0.2) is 9.37 Å². The van der Waals surface area contributed by atoms with Crippen LogP contribution in [-0.4, -0.2) is 38.0 Å². The summed E-state index contributed by atoms with van der Waals surface area (Å²) in [6.45, 7) is 2.77. The van der Waals surface area contributed by atoms with Crippen LogP contribution in [-0.2, 0) is 11.3 Å². The van der Waals surface area contributed by atoms with Gasteiger partial charge in [0.2, 0.25) is 11.8 Å². The molecule has 0 bridgehead atoms. The van der Waals surface area contributed by atoms with Crippen molar-refractivity contribution in [1.29, 1.82) is 0 Å². The van der Waals surface area contributed by atoms with Crippen LogP contribution >= 0.6 is 11.8 Å². The number of rotatable bonds is 9. The lowest BCUT2D eigenvalue weighted by Gasteiger charge is -2.11. The number of nitrogens with one attached hydrogen (secondary N) is 1. The number of pyridine rings is 1. The Kier molecular flexibility index (Phi) is 7.31. The van der Waals surface area contributed by atoms with Crippen LogP contribution in [0.2, 0.25) is 0 Å². The summed E-state index contributed by atoms with van der Waals surface area (Å²) in [5.74, 6) is 0.480. The summed E-state index contributed by atoms with van der Waals surface area (Å²) >= 11 is 1.24. The van der Waals surface area contributed by atoms with Crippen molar-refractivity contribution < 1.29 is 13.9 Å². The van der Waals surface area contributed by atoms with Gasteiger partial charge in [-0.1, -0.05) is 42.1 Å². The molecule has 0 fully saturated rings. The second-order valence-corrected chi connectivity index (χ2v) is 7.90. The van der Waals surface area contributed by atoms with Crippen LogP contribution < -0.4 is 10.1 Å². The lowest BCUT2D eigenvalue weighted by molar-refractivity contribution is -0.118. The van der Waals surface area contributed by atoms with E-state index < -0.39 is 0 Å². The van der Waals surface area contributed by atoms with Gasteiger partial charge in [0.15, 0.2) is 11.0 Å². The third-order valence-electron chi connectivity index (χ3n) is 4.68. The average molecular weight is 464 g/mol. The molecule has 0 saturated carbocycles. The minimum atomic E-state index is -0.389. The fourth-order valence-corrected chi connectivity index (χ4v) is 3.94. The van der Waals surface area contributed by atoms with Crippen LogP contribution in [0.15, 0.2) is 78.1 Å². The van der Waals surface area contributed by atoms with Crippen molar-refractivity contribution in [2.45, 2.75) is 18.6 Å². The monoisotopic (exact) mass is 463 g/mol. The molecule has 0 aliphatic rings. The van der Waals surface area contributed by atoms with E-state index in [9.17, 15) is 9.18 Å². The second kappa shape index (κ2) is 10.7. The molecule has 0 saturated heterocycles. The summed E-state index contributed by atoms with van der Waals surface area (Å²) < 4.78 is 21.6. The molecule has 168 valence electrons. The number of hydrogen-bond acceptors (Lipinski definition) is 6. The van der Waals surface area contributed by atoms with E-state index in [1.54, 1.807) is 35.0 Å². The molecular formula is C24H22FN5O2S. The Morgan fingerprint density at radius 3 is 2.67 bits per heavy atom. The second-order valence-electron chi connectivity index (χ2n) is 6.96. The number of carbonyl (C=O) groups excluding carboxylic acids is 1. The molecule has 9 heteroatoms. The van der Waals surface area contributed by atoms with Crippen molar-refractivity contribution in [3.05, 3.63) is 84.3 Å². The van der Waals surface area contributed by atoms with Crippen LogP contribution in [0.1, 0.15) is 12.5 Å². The van der Waals surface area contributed by atoms with Crippen molar-refractivity contribution >= 4 is 17.7 Å². The third-order valence-corrected chi connectivity index (χ3v) is 5.60. The van der Waals surface area contributed by atoms with Crippen LogP contribution in [0, 0.1) is 5.82 Å². The number of aromatic nitrogens is 4. The van der Waals surface area contributed by atoms with Crippen LogP contribution in [0.4, 0.5) is 4.39 Å². The van der Waals surface area contributed by atoms with Gasteiger partial charge in [0.05, 0.1) is 17.9 Å². The number of ether oxygens (including phenoxy) is 1. The van der Waals surface area contributed by atoms with E-state index in [1.165, 1.54) is 17.8 Å². The number of para-hydroxylation sites is 1. The van der Waals surface area contributed by atoms with E-state index >= 15 is 0 Å². The fraction of sp³-hybridized carbons (Fsp3) is 0.167. The van der Waals surface area contributed by atoms with Gasteiger partial charge in [0.1, 0.15) is 5.82 Å². The molecule has 0 aliphatic heterocycles. The molecule has 0 atom stereocenters. The zero-order valence-corrected chi connectivity index (χ0v) is 18.8. The van der Waals surface area contributed by atoms with Crippen molar-refractivity contribution in [3.63, 3.8) is 0 Å². The molecule has 2 heterocycles. The zero-order valence-electron chi connectivity index (χ0n) is 17.9. The highest BCUT2D eigenvalue weighted by Gasteiger charge is 2.19. The maximum absolute atomic E-state index is 14.5. The molecule has 0 unspecified atom stereocenters. The standard InChI is InChI=1S/C24H22FN5O2S/c1-2-32-22-14-17(12-13-26-22)15-27-21(31)16-33-24-29-28-23(19-10-6-7-11-20(19)25)30(24)18-8-4-3-5-9-18/h3-14H,2,15-16H2,1H3,(H,27,31). The Hall–Kier alpha value is -3.72. The molecule has 2 aromatic carbocycles. The predicted molar refractivity (Wildman–Crippen MR) is 125 cm³/mol. The molecule has 4 aromatic rings. The van der Waals surface area contributed by atoms with Crippen molar-refractivity contribution in [3.8, 4) is 23.0 Å². The van der Waals surface area contributed by atoms with Gasteiger partial charge >= 0.3 is 0 Å². The van der Waals surface area contributed by atoms with Gasteiger partial charge in [0.25, 0.3) is 0 Å². The summed E-state index contributed by atoms with van der Waals surface area (Å²) in [5.41, 5.74) is 2.01. The van der Waals surface area contributed by atoms with E-state index in [2.05, 4.69) is 20.5 Å². The van der Waals surface area contributed by atoms with E-state index in [1.807, 2.05) is 43.3 Å². The van der Waals surface area contributed by atoms with E-state index in [4.69, 9.17) is 4.74 Å².